The maximum atomic E-state index is 12.3. The Morgan fingerprint density at radius 3 is 2.38 bits per heavy atom. The summed E-state index contributed by atoms with van der Waals surface area (Å²) in [6, 6.07) is 14.8. The standard InChI is InChI=1S/C18H22N2O3S/c21-24(22,14-15-6-2-1-3-7-15)20-16-9-11-17(12-10-16)23-18-8-4-5-13-19-18/h1-8,13,16-17,20H,9-12,14H2. The van der Waals surface area contributed by atoms with Crippen molar-refractivity contribution in [1.82, 2.24) is 9.71 Å². The molecule has 0 aliphatic heterocycles. The van der Waals surface area contributed by atoms with Crippen LogP contribution in [0.1, 0.15) is 31.2 Å². The highest BCUT2D eigenvalue weighted by molar-refractivity contribution is 7.88. The van der Waals surface area contributed by atoms with Gasteiger partial charge in [0.25, 0.3) is 0 Å². The van der Waals surface area contributed by atoms with Crippen LogP contribution in [0.15, 0.2) is 54.7 Å². The molecule has 1 aromatic carbocycles. The number of sulfonamides is 1. The van der Waals surface area contributed by atoms with Gasteiger partial charge in [-0.1, -0.05) is 36.4 Å². The maximum absolute atomic E-state index is 12.3. The highest BCUT2D eigenvalue weighted by Gasteiger charge is 2.26. The Morgan fingerprint density at radius 1 is 1.00 bits per heavy atom. The van der Waals surface area contributed by atoms with Gasteiger partial charge in [0.05, 0.1) is 5.75 Å². The molecule has 3 rings (SSSR count). The Kier molecular flexibility index (Phi) is 5.48. The van der Waals surface area contributed by atoms with Gasteiger partial charge in [-0.2, -0.15) is 0 Å². The van der Waals surface area contributed by atoms with E-state index in [4.69, 9.17) is 4.74 Å². The lowest BCUT2D eigenvalue weighted by molar-refractivity contribution is 0.138. The molecular formula is C18H22N2O3S. The van der Waals surface area contributed by atoms with Crippen LogP contribution < -0.4 is 9.46 Å². The van der Waals surface area contributed by atoms with Gasteiger partial charge in [-0.3, -0.25) is 0 Å². The van der Waals surface area contributed by atoms with E-state index in [0.717, 1.165) is 31.2 Å². The molecule has 0 amide bonds. The normalized spacial score (nSPS) is 21.3. The third kappa shape index (κ3) is 5.04. The number of rotatable bonds is 6. The highest BCUT2D eigenvalue weighted by Crippen LogP contribution is 2.23. The lowest BCUT2D eigenvalue weighted by atomic mass is 9.94. The van der Waals surface area contributed by atoms with Crippen LogP contribution >= 0.6 is 0 Å². The summed E-state index contributed by atoms with van der Waals surface area (Å²) in [5.74, 6) is 0.656. The van der Waals surface area contributed by atoms with Gasteiger partial charge >= 0.3 is 0 Å². The first-order chi connectivity index (χ1) is 11.6. The van der Waals surface area contributed by atoms with E-state index in [-0.39, 0.29) is 17.9 Å². The van der Waals surface area contributed by atoms with Crippen LogP contribution in [-0.2, 0) is 15.8 Å². The van der Waals surface area contributed by atoms with Gasteiger partial charge in [-0.05, 0) is 37.3 Å². The minimum Gasteiger partial charge on any atom is -0.474 e. The summed E-state index contributed by atoms with van der Waals surface area (Å²) in [5, 5.41) is 0. The van der Waals surface area contributed by atoms with Crippen LogP contribution in [0.5, 0.6) is 5.88 Å². The van der Waals surface area contributed by atoms with E-state index in [2.05, 4.69) is 9.71 Å². The van der Waals surface area contributed by atoms with Crippen LogP contribution in [0, 0.1) is 0 Å². The van der Waals surface area contributed by atoms with Gasteiger partial charge < -0.3 is 4.74 Å². The van der Waals surface area contributed by atoms with E-state index in [1.807, 2.05) is 48.5 Å². The monoisotopic (exact) mass is 346 g/mol. The fourth-order valence-corrected chi connectivity index (χ4v) is 4.43. The van der Waals surface area contributed by atoms with E-state index >= 15 is 0 Å². The summed E-state index contributed by atoms with van der Waals surface area (Å²) in [5.41, 5.74) is 0.803. The Morgan fingerprint density at radius 2 is 1.71 bits per heavy atom. The predicted molar refractivity (Wildman–Crippen MR) is 93.1 cm³/mol. The smallest absolute Gasteiger partial charge is 0.216 e. The Hall–Kier alpha value is -1.92. The van der Waals surface area contributed by atoms with Crippen molar-refractivity contribution in [3.63, 3.8) is 0 Å². The second kappa shape index (κ2) is 7.77. The highest BCUT2D eigenvalue weighted by atomic mass is 32.2. The van der Waals surface area contributed by atoms with Gasteiger partial charge in [-0.25, -0.2) is 18.1 Å². The number of hydrogen-bond donors (Lipinski definition) is 1. The van der Waals surface area contributed by atoms with Crippen molar-refractivity contribution >= 4 is 10.0 Å². The van der Waals surface area contributed by atoms with Crippen LogP contribution in [0.2, 0.25) is 0 Å². The number of benzene rings is 1. The molecule has 1 heterocycles. The fourth-order valence-electron chi connectivity index (χ4n) is 2.98. The zero-order valence-electron chi connectivity index (χ0n) is 13.5. The molecule has 128 valence electrons. The molecule has 0 radical (unpaired) electrons. The molecule has 2 aromatic rings. The zero-order chi connectivity index (χ0) is 16.8. The van der Waals surface area contributed by atoms with E-state index in [1.165, 1.54) is 0 Å². The molecule has 1 aliphatic rings. The number of ether oxygens (including phenoxy) is 1. The Labute approximate surface area is 143 Å². The first kappa shape index (κ1) is 16.9. The molecule has 1 fully saturated rings. The molecule has 1 saturated carbocycles. The summed E-state index contributed by atoms with van der Waals surface area (Å²) < 4.78 is 33.2. The van der Waals surface area contributed by atoms with Crippen LogP contribution in [0.4, 0.5) is 0 Å². The summed E-state index contributed by atoms with van der Waals surface area (Å²) in [6.45, 7) is 0. The summed E-state index contributed by atoms with van der Waals surface area (Å²) in [4.78, 5) is 4.16. The maximum Gasteiger partial charge on any atom is 0.216 e. The van der Waals surface area contributed by atoms with Gasteiger partial charge in [0.2, 0.25) is 15.9 Å². The van der Waals surface area contributed by atoms with Crippen molar-refractivity contribution in [1.29, 1.82) is 0 Å². The molecule has 5 nitrogen and oxygen atoms in total. The van der Waals surface area contributed by atoms with Crippen LogP contribution in [-0.4, -0.2) is 25.5 Å². The minimum atomic E-state index is -3.31. The van der Waals surface area contributed by atoms with E-state index in [1.54, 1.807) is 6.20 Å². The third-order valence-electron chi connectivity index (χ3n) is 4.15. The molecule has 24 heavy (non-hydrogen) atoms. The topological polar surface area (TPSA) is 68.3 Å². The van der Waals surface area contributed by atoms with Gasteiger partial charge in [-0.15, -0.1) is 0 Å². The zero-order valence-corrected chi connectivity index (χ0v) is 14.3. The molecule has 0 unspecified atom stereocenters. The fraction of sp³-hybridized carbons (Fsp3) is 0.389. The second-order valence-corrected chi connectivity index (χ2v) is 7.88. The van der Waals surface area contributed by atoms with Gasteiger partial charge in [0.1, 0.15) is 6.10 Å². The van der Waals surface area contributed by atoms with Crippen molar-refractivity contribution < 1.29 is 13.2 Å². The molecular weight excluding hydrogens is 324 g/mol. The van der Waals surface area contributed by atoms with Crippen LogP contribution in [0.25, 0.3) is 0 Å². The molecule has 0 bridgehead atoms. The van der Waals surface area contributed by atoms with Crippen molar-refractivity contribution in [2.75, 3.05) is 0 Å². The first-order valence-electron chi connectivity index (χ1n) is 8.22. The van der Waals surface area contributed by atoms with Crippen molar-refractivity contribution in [3.05, 3.63) is 60.3 Å². The summed E-state index contributed by atoms with van der Waals surface area (Å²) >= 11 is 0. The van der Waals surface area contributed by atoms with Crippen molar-refractivity contribution in [3.8, 4) is 5.88 Å². The lowest BCUT2D eigenvalue weighted by Crippen LogP contribution is -2.40. The first-order valence-corrected chi connectivity index (χ1v) is 9.87. The molecule has 0 spiro atoms. The number of pyridine rings is 1. The molecule has 0 atom stereocenters. The Balaban J connectivity index is 1.48. The lowest BCUT2D eigenvalue weighted by Gasteiger charge is -2.29. The Bertz CT molecular complexity index is 727. The molecule has 1 aliphatic carbocycles. The molecule has 0 saturated heterocycles. The third-order valence-corrected chi connectivity index (χ3v) is 5.55. The number of nitrogens with zero attached hydrogens (tertiary/aromatic N) is 1. The van der Waals surface area contributed by atoms with Crippen molar-refractivity contribution in [2.45, 2.75) is 43.6 Å². The molecule has 1 N–H and O–H groups in total. The molecule has 1 aromatic heterocycles. The van der Waals surface area contributed by atoms with E-state index in [0.29, 0.717) is 5.88 Å². The number of aromatic nitrogens is 1. The second-order valence-electron chi connectivity index (χ2n) is 6.12. The average molecular weight is 346 g/mol. The number of hydrogen-bond acceptors (Lipinski definition) is 4. The largest absolute Gasteiger partial charge is 0.474 e. The molecule has 6 heteroatoms. The minimum absolute atomic E-state index is 0.0118. The van der Waals surface area contributed by atoms with Gasteiger partial charge in [0.15, 0.2) is 0 Å². The summed E-state index contributed by atoms with van der Waals surface area (Å²) in [6.07, 6.45) is 5.04. The van der Waals surface area contributed by atoms with Crippen LogP contribution in [0.3, 0.4) is 0 Å². The predicted octanol–water partition coefficient (Wildman–Crippen LogP) is 2.89. The van der Waals surface area contributed by atoms with Gasteiger partial charge in [0, 0.05) is 18.3 Å². The SMILES string of the molecule is O=S(=O)(Cc1ccccc1)NC1CCC(Oc2ccccn2)CC1. The van der Waals surface area contributed by atoms with E-state index in [9.17, 15) is 8.42 Å². The van der Waals surface area contributed by atoms with E-state index < -0.39 is 10.0 Å². The quantitative estimate of drug-likeness (QED) is 0.873. The number of nitrogens with one attached hydrogen (secondary N) is 1. The van der Waals surface area contributed by atoms with Crippen molar-refractivity contribution in [2.24, 2.45) is 0 Å². The average Bonchev–Trinajstić information content (AvgIpc) is 2.58. The summed E-state index contributed by atoms with van der Waals surface area (Å²) in [7, 11) is -3.31.